The molecule has 19 heavy (non-hydrogen) atoms. The van der Waals surface area contributed by atoms with Crippen LogP contribution in [0.15, 0.2) is 35.9 Å². The smallest absolute Gasteiger partial charge is 0.511 e. The second-order valence-electron chi connectivity index (χ2n) is 4.93. The predicted molar refractivity (Wildman–Crippen MR) is 72.4 cm³/mol. The number of hydrogen-bond acceptors (Lipinski definition) is 2. The van der Waals surface area contributed by atoms with Crippen LogP contribution < -0.4 is 0 Å². The van der Waals surface area contributed by atoms with Crippen LogP contribution >= 0.6 is 0 Å². The van der Waals surface area contributed by atoms with Gasteiger partial charge in [0.1, 0.15) is 0 Å². The van der Waals surface area contributed by atoms with E-state index in [4.69, 9.17) is 18.8 Å². The van der Waals surface area contributed by atoms with E-state index in [-0.39, 0.29) is 0 Å². The van der Waals surface area contributed by atoms with E-state index in [9.17, 15) is 0 Å². The first kappa shape index (κ1) is 14.0. The second-order valence-corrected chi connectivity index (χ2v) is 5.50. The predicted octanol–water partition coefficient (Wildman–Crippen LogP) is 1.66. The summed E-state index contributed by atoms with van der Waals surface area (Å²) in [4.78, 5) is 14.3. The van der Waals surface area contributed by atoms with Crippen LogP contribution in [0.1, 0.15) is 25.3 Å². The first-order chi connectivity index (χ1) is 9.08. The maximum atomic E-state index is 8.74. The van der Waals surface area contributed by atoms with E-state index >= 15 is 0 Å². The lowest BCUT2D eigenvalue weighted by Gasteiger charge is -2.31. The molecule has 1 aliphatic carbocycles. The van der Waals surface area contributed by atoms with Gasteiger partial charge in [-0.25, -0.2) is 0 Å². The van der Waals surface area contributed by atoms with Crippen LogP contribution in [0.5, 0.6) is 0 Å². The zero-order valence-electron chi connectivity index (χ0n) is 10.9. The molecule has 102 valence electrons. The fourth-order valence-corrected chi connectivity index (χ4v) is 2.56. The van der Waals surface area contributed by atoms with Crippen LogP contribution in [0.4, 0.5) is 0 Å². The molecule has 4 nitrogen and oxygen atoms in total. The molecular weight excluding hydrogens is 260 g/mol. The Hall–Kier alpha value is -1.46. The highest BCUT2D eigenvalue weighted by Gasteiger charge is 2.32. The van der Waals surface area contributed by atoms with E-state index in [2.05, 4.69) is 37.3 Å². The molecule has 0 saturated carbocycles. The highest BCUT2D eigenvalue weighted by Crippen LogP contribution is 2.44. The number of allylic oxidation sites excluding steroid dienone is 1. The van der Waals surface area contributed by atoms with Gasteiger partial charge >= 0.3 is 9.17 Å². The molecule has 3 rings (SSSR count). The Morgan fingerprint density at radius 2 is 1.89 bits per heavy atom. The largest absolute Gasteiger partial charge is 0.761 e. The van der Waals surface area contributed by atoms with E-state index < -0.39 is 9.17 Å². The van der Waals surface area contributed by atoms with Crippen molar-refractivity contribution in [1.29, 1.82) is 0 Å². The molecule has 2 unspecified atom stereocenters. The van der Waals surface area contributed by atoms with Crippen LogP contribution in [0, 0.1) is 5.92 Å². The van der Waals surface area contributed by atoms with Crippen molar-refractivity contribution >= 4 is 14.7 Å². The summed E-state index contributed by atoms with van der Waals surface area (Å²) in [6, 6.07) is 10.8. The third-order valence-electron chi connectivity index (χ3n) is 3.39. The molecular formula is C14H18O4Si. The van der Waals surface area contributed by atoms with Gasteiger partial charge in [0.25, 0.3) is 0 Å². The molecule has 0 spiro atoms. The molecule has 1 heterocycles. The summed E-state index contributed by atoms with van der Waals surface area (Å²) in [5.41, 5.74) is 4.61. The summed E-state index contributed by atoms with van der Waals surface area (Å²) < 4.78 is 14.0. The highest BCUT2D eigenvalue weighted by molar-refractivity contribution is 6.22. The van der Waals surface area contributed by atoms with Gasteiger partial charge in [0.2, 0.25) is 0 Å². The van der Waals surface area contributed by atoms with Crippen molar-refractivity contribution < 1.29 is 18.8 Å². The third kappa shape index (κ3) is 4.01. The minimum absolute atomic E-state index is 0.534. The van der Waals surface area contributed by atoms with Gasteiger partial charge in [0, 0.05) is 0 Å². The van der Waals surface area contributed by atoms with Crippen molar-refractivity contribution in [1.82, 2.24) is 0 Å². The lowest BCUT2D eigenvalue weighted by atomic mass is 9.73. The summed E-state index contributed by atoms with van der Waals surface area (Å²) >= 11 is 0. The summed E-state index contributed by atoms with van der Waals surface area (Å²) in [6.07, 6.45) is 2.96. The molecule has 1 aromatic rings. The fraction of sp³-hybridized carbons (Fsp3) is 0.429. The molecule has 0 amide bonds. The van der Waals surface area contributed by atoms with Gasteiger partial charge in [0.05, 0.1) is 12.7 Å². The highest BCUT2D eigenvalue weighted by atomic mass is 28.3. The number of epoxide rings is 1. The Morgan fingerprint density at radius 3 is 2.37 bits per heavy atom. The molecule has 5 heteroatoms. The van der Waals surface area contributed by atoms with Crippen LogP contribution in [0.3, 0.4) is 0 Å². The third-order valence-corrected chi connectivity index (χ3v) is 3.39. The average Bonchev–Trinajstić information content (AvgIpc) is 3.13. The normalized spacial score (nSPS) is 24.1. The van der Waals surface area contributed by atoms with E-state index in [0.29, 0.717) is 6.10 Å². The van der Waals surface area contributed by atoms with Gasteiger partial charge in [-0.3, -0.25) is 4.46 Å². The number of rotatable bonds is 3. The first-order valence-corrected chi connectivity index (χ1v) is 7.69. The topological polar surface area (TPSA) is 70.1 Å². The second kappa shape index (κ2) is 6.12. The number of benzene rings is 1. The SMILES string of the molecule is CC1CC(CC2CO2)=C1c1ccccc1.O=[Si](O)O. The van der Waals surface area contributed by atoms with Gasteiger partial charge in [-0.05, 0) is 29.9 Å². The molecule has 1 aliphatic heterocycles. The Labute approximate surface area is 114 Å². The van der Waals surface area contributed by atoms with Gasteiger partial charge in [-0.1, -0.05) is 42.8 Å². The van der Waals surface area contributed by atoms with E-state index in [1.807, 2.05) is 0 Å². The van der Waals surface area contributed by atoms with Crippen molar-refractivity contribution in [2.45, 2.75) is 25.9 Å². The Balaban J connectivity index is 0.000000297. The maximum Gasteiger partial charge on any atom is 0.761 e. The fourth-order valence-electron chi connectivity index (χ4n) is 2.56. The Kier molecular flexibility index (Phi) is 4.50. The van der Waals surface area contributed by atoms with Crippen molar-refractivity contribution in [2.24, 2.45) is 5.92 Å². The van der Waals surface area contributed by atoms with Gasteiger partial charge < -0.3 is 14.3 Å². The summed E-state index contributed by atoms with van der Waals surface area (Å²) in [5.74, 6) is 0.737. The molecule has 1 saturated heterocycles. The van der Waals surface area contributed by atoms with Gasteiger partial charge in [-0.2, -0.15) is 0 Å². The molecule has 1 fully saturated rings. The minimum atomic E-state index is -3.13. The quantitative estimate of drug-likeness (QED) is 0.651. The zero-order chi connectivity index (χ0) is 13.8. The van der Waals surface area contributed by atoms with Crippen molar-refractivity contribution in [3.05, 3.63) is 41.5 Å². The zero-order valence-corrected chi connectivity index (χ0v) is 11.9. The van der Waals surface area contributed by atoms with Crippen LogP contribution in [0.2, 0.25) is 0 Å². The molecule has 0 bridgehead atoms. The van der Waals surface area contributed by atoms with Crippen LogP contribution in [-0.4, -0.2) is 31.5 Å². The molecule has 1 aromatic carbocycles. The van der Waals surface area contributed by atoms with Crippen LogP contribution in [-0.2, 0) is 9.20 Å². The van der Waals surface area contributed by atoms with Crippen LogP contribution in [0.25, 0.3) is 5.57 Å². The molecule has 2 atom stereocenters. The van der Waals surface area contributed by atoms with Gasteiger partial charge in [0.15, 0.2) is 0 Å². The molecule has 0 aromatic heterocycles. The molecule has 2 aliphatic rings. The van der Waals surface area contributed by atoms with Crippen molar-refractivity contribution in [3.63, 3.8) is 0 Å². The van der Waals surface area contributed by atoms with E-state index in [0.717, 1.165) is 18.9 Å². The monoisotopic (exact) mass is 278 g/mol. The average molecular weight is 278 g/mol. The maximum absolute atomic E-state index is 8.74. The summed E-state index contributed by atoms with van der Waals surface area (Å²) in [7, 11) is -3.13. The van der Waals surface area contributed by atoms with E-state index in [1.54, 1.807) is 11.1 Å². The summed E-state index contributed by atoms with van der Waals surface area (Å²) in [6.45, 7) is 3.29. The summed E-state index contributed by atoms with van der Waals surface area (Å²) in [5, 5.41) is 0. The lowest BCUT2D eigenvalue weighted by molar-refractivity contribution is 0.330. The van der Waals surface area contributed by atoms with Crippen molar-refractivity contribution in [3.8, 4) is 0 Å². The van der Waals surface area contributed by atoms with E-state index in [1.165, 1.54) is 12.0 Å². The lowest BCUT2D eigenvalue weighted by Crippen LogP contribution is -2.15. The van der Waals surface area contributed by atoms with Gasteiger partial charge in [-0.15, -0.1) is 0 Å². The van der Waals surface area contributed by atoms with Crippen molar-refractivity contribution in [2.75, 3.05) is 6.61 Å². The number of ether oxygens (including phenoxy) is 1. The standard InChI is InChI=1S/C14H16O.H2O3Si/c1-10-7-12(8-13-9-15-13)14(10)11-5-3-2-4-6-11;1-4(2)3/h2-6,10,13H,7-9H2,1H3;1-2H. The Bertz CT molecular complexity index is 475. The number of hydrogen-bond donors (Lipinski definition) is 2. The molecule has 2 N–H and O–H groups in total. The molecule has 0 radical (unpaired) electrons. The Morgan fingerprint density at radius 1 is 1.32 bits per heavy atom. The minimum Gasteiger partial charge on any atom is -0.511 e. The first-order valence-electron chi connectivity index (χ1n) is 6.38.